The van der Waals surface area contributed by atoms with Crippen molar-refractivity contribution in [3.05, 3.63) is 21.4 Å². The Hall–Kier alpha value is -0.750. The summed E-state index contributed by atoms with van der Waals surface area (Å²) in [7, 11) is 0. The minimum atomic E-state index is 0.639. The molecule has 4 nitrogen and oxygen atoms in total. The van der Waals surface area contributed by atoms with E-state index in [2.05, 4.69) is 16.8 Å². The molecule has 1 saturated heterocycles. The number of thiophene rings is 1. The van der Waals surface area contributed by atoms with Crippen LogP contribution in [-0.4, -0.2) is 41.2 Å². The van der Waals surface area contributed by atoms with E-state index in [0.717, 1.165) is 67.6 Å². The van der Waals surface area contributed by atoms with Crippen LogP contribution < -0.4 is 0 Å². The fourth-order valence-corrected chi connectivity index (χ4v) is 5.13. The lowest BCUT2D eigenvalue weighted by Gasteiger charge is -2.25. The van der Waals surface area contributed by atoms with E-state index in [4.69, 9.17) is 21.3 Å². The predicted molar refractivity (Wildman–Crippen MR) is 89.7 cm³/mol. The van der Waals surface area contributed by atoms with Crippen LogP contribution in [0.4, 0.5) is 0 Å². The van der Waals surface area contributed by atoms with E-state index in [-0.39, 0.29) is 0 Å². The van der Waals surface area contributed by atoms with Gasteiger partial charge in [0.1, 0.15) is 15.8 Å². The van der Waals surface area contributed by atoms with E-state index < -0.39 is 0 Å². The van der Waals surface area contributed by atoms with Crippen molar-refractivity contribution in [2.45, 2.75) is 32.7 Å². The number of fused-ring (bicyclic) bond motifs is 3. The van der Waals surface area contributed by atoms with Crippen LogP contribution in [0.15, 0.2) is 0 Å². The normalized spacial score (nSPS) is 22.9. The Morgan fingerprint density at radius 2 is 2.14 bits per heavy atom. The number of aryl methyl sites for hydroxylation is 1. The molecule has 118 valence electrons. The zero-order valence-electron chi connectivity index (χ0n) is 12.8. The summed E-state index contributed by atoms with van der Waals surface area (Å²) in [6.45, 7) is 6.56. The SMILES string of the molecule is CC1CCc2c(sc3nc(CN4CCOCC4)nc(Cl)c23)C1. The van der Waals surface area contributed by atoms with Gasteiger partial charge in [-0.05, 0) is 30.7 Å². The van der Waals surface area contributed by atoms with E-state index in [1.807, 2.05) is 11.3 Å². The van der Waals surface area contributed by atoms with Gasteiger partial charge in [0.05, 0.1) is 25.1 Å². The van der Waals surface area contributed by atoms with Gasteiger partial charge < -0.3 is 4.74 Å². The maximum absolute atomic E-state index is 6.51. The van der Waals surface area contributed by atoms with Crippen molar-refractivity contribution in [3.63, 3.8) is 0 Å². The maximum Gasteiger partial charge on any atom is 0.145 e. The molecule has 0 aromatic carbocycles. The van der Waals surface area contributed by atoms with Crippen molar-refractivity contribution in [1.82, 2.24) is 14.9 Å². The summed E-state index contributed by atoms with van der Waals surface area (Å²) in [6, 6.07) is 0. The molecule has 4 rings (SSSR count). The Bertz CT molecular complexity index is 696. The standard InChI is InChI=1S/C16H20ClN3OS/c1-10-2-3-11-12(8-10)22-16-14(11)15(17)18-13(19-16)9-20-4-6-21-7-5-20/h10H,2-9H2,1H3. The van der Waals surface area contributed by atoms with E-state index >= 15 is 0 Å². The summed E-state index contributed by atoms with van der Waals surface area (Å²) < 4.78 is 5.39. The molecule has 2 aromatic heterocycles. The molecule has 0 amide bonds. The molecule has 3 heterocycles. The Balaban J connectivity index is 1.67. The molecule has 1 aliphatic carbocycles. The van der Waals surface area contributed by atoms with Gasteiger partial charge in [0.25, 0.3) is 0 Å². The van der Waals surface area contributed by atoms with Gasteiger partial charge in [-0.2, -0.15) is 0 Å². The Morgan fingerprint density at radius 1 is 1.32 bits per heavy atom. The highest BCUT2D eigenvalue weighted by Gasteiger charge is 2.23. The van der Waals surface area contributed by atoms with Crippen molar-refractivity contribution in [1.29, 1.82) is 0 Å². The Kier molecular flexibility index (Phi) is 4.07. The molecule has 1 unspecified atom stereocenters. The zero-order valence-corrected chi connectivity index (χ0v) is 14.3. The van der Waals surface area contributed by atoms with Gasteiger partial charge in [-0.25, -0.2) is 9.97 Å². The molecule has 22 heavy (non-hydrogen) atoms. The van der Waals surface area contributed by atoms with E-state index in [9.17, 15) is 0 Å². The molecule has 0 saturated carbocycles. The highest BCUT2D eigenvalue weighted by molar-refractivity contribution is 7.19. The monoisotopic (exact) mass is 337 g/mol. The van der Waals surface area contributed by atoms with Crippen LogP contribution in [0.2, 0.25) is 5.15 Å². The number of hydrogen-bond donors (Lipinski definition) is 0. The molecule has 0 spiro atoms. The molecular formula is C16H20ClN3OS. The number of aromatic nitrogens is 2. The van der Waals surface area contributed by atoms with Gasteiger partial charge in [0.2, 0.25) is 0 Å². The van der Waals surface area contributed by atoms with Crippen LogP contribution in [0.25, 0.3) is 10.2 Å². The molecule has 0 radical (unpaired) electrons. The van der Waals surface area contributed by atoms with Crippen LogP contribution >= 0.6 is 22.9 Å². The minimum absolute atomic E-state index is 0.639. The zero-order chi connectivity index (χ0) is 15.1. The molecule has 1 fully saturated rings. The van der Waals surface area contributed by atoms with Gasteiger partial charge in [-0.3, -0.25) is 4.90 Å². The first-order chi connectivity index (χ1) is 10.7. The average Bonchev–Trinajstić information content (AvgIpc) is 2.85. The van der Waals surface area contributed by atoms with Crippen molar-refractivity contribution < 1.29 is 4.74 Å². The number of halogens is 1. The van der Waals surface area contributed by atoms with Crippen molar-refractivity contribution >= 4 is 33.2 Å². The third kappa shape index (κ3) is 2.75. The Morgan fingerprint density at radius 3 is 2.95 bits per heavy atom. The summed E-state index contributed by atoms with van der Waals surface area (Å²) in [5.41, 5.74) is 1.40. The van der Waals surface area contributed by atoms with Crippen LogP contribution in [0.1, 0.15) is 29.6 Å². The van der Waals surface area contributed by atoms with Crippen LogP contribution in [0.5, 0.6) is 0 Å². The van der Waals surface area contributed by atoms with Crippen LogP contribution in [0, 0.1) is 5.92 Å². The number of rotatable bonds is 2. The second-order valence-electron chi connectivity index (χ2n) is 6.35. The first-order valence-electron chi connectivity index (χ1n) is 7.97. The van der Waals surface area contributed by atoms with Crippen molar-refractivity contribution in [2.24, 2.45) is 5.92 Å². The summed E-state index contributed by atoms with van der Waals surface area (Å²) in [4.78, 5) is 14.2. The third-order valence-electron chi connectivity index (χ3n) is 4.63. The predicted octanol–water partition coefficient (Wildman–Crippen LogP) is 3.30. The van der Waals surface area contributed by atoms with Gasteiger partial charge in [-0.15, -0.1) is 11.3 Å². The summed E-state index contributed by atoms with van der Waals surface area (Å²) in [5.74, 6) is 1.60. The molecule has 6 heteroatoms. The Labute approximate surface area is 139 Å². The smallest absolute Gasteiger partial charge is 0.145 e. The van der Waals surface area contributed by atoms with E-state index in [0.29, 0.717) is 5.15 Å². The third-order valence-corrected chi connectivity index (χ3v) is 6.05. The van der Waals surface area contributed by atoms with Crippen LogP contribution in [-0.2, 0) is 24.1 Å². The molecule has 0 bridgehead atoms. The molecule has 2 aliphatic rings. The van der Waals surface area contributed by atoms with Gasteiger partial charge in [0, 0.05) is 18.0 Å². The van der Waals surface area contributed by atoms with Crippen molar-refractivity contribution in [3.8, 4) is 0 Å². The van der Waals surface area contributed by atoms with E-state index in [1.165, 1.54) is 16.9 Å². The molecule has 1 atom stereocenters. The summed E-state index contributed by atoms with van der Waals surface area (Å²) in [6.07, 6.45) is 3.51. The molecule has 0 N–H and O–H groups in total. The van der Waals surface area contributed by atoms with Crippen molar-refractivity contribution in [2.75, 3.05) is 26.3 Å². The molecule has 2 aromatic rings. The maximum atomic E-state index is 6.51. The lowest BCUT2D eigenvalue weighted by molar-refractivity contribution is 0.0331. The number of hydrogen-bond acceptors (Lipinski definition) is 5. The minimum Gasteiger partial charge on any atom is -0.379 e. The fourth-order valence-electron chi connectivity index (χ4n) is 3.37. The highest BCUT2D eigenvalue weighted by Crippen LogP contribution is 2.39. The van der Waals surface area contributed by atoms with Gasteiger partial charge in [-0.1, -0.05) is 18.5 Å². The first kappa shape index (κ1) is 14.8. The quantitative estimate of drug-likeness (QED) is 0.788. The largest absolute Gasteiger partial charge is 0.379 e. The lowest BCUT2D eigenvalue weighted by atomic mass is 9.89. The average molecular weight is 338 g/mol. The second-order valence-corrected chi connectivity index (χ2v) is 7.79. The summed E-state index contributed by atoms with van der Waals surface area (Å²) in [5, 5.41) is 1.75. The number of morpholine rings is 1. The first-order valence-corrected chi connectivity index (χ1v) is 9.17. The lowest BCUT2D eigenvalue weighted by Crippen LogP contribution is -2.36. The van der Waals surface area contributed by atoms with Crippen LogP contribution in [0.3, 0.4) is 0 Å². The topological polar surface area (TPSA) is 38.2 Å². The molecular weight excluding hydrogens is 318 g/mol. The molecule has 1 aliphatic heterocycles. The fraction of sp³-hybridized carbons (Fsp3) is 0.625. The second kappa shape index (κ2) is 6.04. The van der Waals surface area contributed by atoms with Gasteiger partial charge in [0.15, 0.2) is 0 Å². The number of nitrogens with zero attached hydrogens (tertiary/aromatic N) is 3. The highest BCUT2D eigenvalue weighted by atomic mass is 35.5. The van der Waals surface area contributed by atoms with E-state index in [1.54, 1.807) is 0 Å². The number of ether oxygens (including phenoxy) is 1. The summed E-state index contributed by atoms with van der Waals surface area (Å²) >= 11 is 8.32. The van der Waals surface area contributed by atoms with Gasteiger partial charge >= 0.3 is 0 Å².